The van der Waals surface area contributed by atoms with Gasteiger partial charge in [0.1, 0.15) is 0 Å². The van der Waals surface area contributed by atoms with Crippen LogP contribution in [0.25, 0.3) is 99.8 Å². The molecule has 0 spiro atoms. The van der Waals surface area contributed by atoms with Crippen LogP contribution in [0, 0.1) is 0 Å². The summed E-state index contributed by atoms with van der Waals surface area (Å²) in [7, 11) is 0. The highest BCUT2D eigenvalue weighted by Gasteiger charge is 2.19. The number of pyridine rings is 1. The number of aromatic nitrogens is 4. The molecule has 0 radical (unpaired) electrons. The lowest BCUT2D eigenvalue weighted by atomic mass is 9.88. The first-order valence-corrected chi connectivity index (χ1v) is 17.5. The molecule has 242 valence electrons. The fourth-order valence-electron chi connectivity index (χ4n) is 7.46. The van der Waals surface area contributed by atoms with E-state index in [1.54, 1.807) is 0 Å². The summed E-state index contributed by atoms with van der Waals surface area (Å²) < 4.78 is 0. The normalized spacial score (nSPS) is 11.5. The number of benzene rings is 8. The zero-order valence-corrected chi connectivity index (χ0v) is 28.1. The number of fused-ring (bicyclic) bond motifs is 6. The highest BCUT2D eigenvalue weighted by molar-refractivity contribution is 6.26. The van der Waals surface area contributed by atoms with Gasteiger partial charge in [-0.2, -0.15) is 0 Å². The van der Waals surface area contributed by atoms with Crippen LogP contribution in [-0.2, 0) is 0 Å². The standard InChI is InChI=1S/C48H30N4/c1-3-16-32(17-4-1)46-50-47(33-18-5-2-6-19-33)52-48(51-46)35-22-13-21-34(29-35)45-42-30-41(37-27-14-20-31-15-7-8-23-36(31)37)38-24-9-10-25-39(38)44(42)40-26-11-12-28-43(40)49-45/h1-30H. The van der Waals surface area contributed by atoms with Gasteiger partial charge in [-0.05, 0) is 50.9 Å². The van der Waals surface area contributed by atoms with Gasteiger partial charge in [0, 0.05) is 38.4 Å². The third-order valence-electron chi connectivity index (χ3n) is 9.88. The lowest BCUT2D eigenvalue weighted by Crippen LogP contribution is -2.00. The molecule has 10 rings (SSSR count). The van der Waals surface area contributed by atoms with Crippen LogP contribution in [0.2, 0.25) is 0 Å². The number of nitrogens with zero attached hydrogens (tertiary/aromatic N) is 4. The van der Waals surface area contributed by atoms with Crippen LogP contribution in [0.4, 0.5) is 0 Å². The monoisotopic (exact) mass is 662 g/mol. The van der Waals surface area contributed by atoms with Crippen molar-refractivity contribution < 1.29 is 0 Å². The van der Waals surface area contributed by atoms with Crippen LogP contribution < -0.4 is 0 Å². The molecule has 2 aromatic heterocycles. The summed E-state index contributed by atoms with van der Waals surface area (Å²) in [5, 5.41) is 8.30. The highest BCUT2D eigenvalue weighted by Crippen LogP contribution is 2.43. The van der Waals surface area contributed by atoms with Gasteiger partial charge in [0.15, 0.2) is 17.5 Å². The summed E-state index contributed by atoms with van der Waals surface area (Å²) in [6, 6.07) is 63.4. The molecule has 0 aliphatic carbocycles. The third kappa shape index (κ3) is 5.09. The van der Waals surface area contributed by atoms with Crippen LogP contribution in [0.3, 0.4) is 0 Å². The number of hydrogen-bond acceptors (Lipinski definition) is 4. The van der Waals surface area contributed by atoms with E-state index in [0.717, 1.165) is 44.2 Å². The van der Waals surface area contributed by atoms with E-state index in [4.69, 9.17) is 19.9 Å². The Morgan fingerprint density at radius 3 is 1.54 bits per heavy atom. The minimum absolute atomic E-state index is 0.613. The molecule has 0 atom stereocenters. The smallest absolute Gasteiger partial charge is 0.164 e. The maximum absolute atomic E-state index is 5.39. The molecule has 8 aromatic carbocycles. The van der Waals surface area contributed by atoms with Gasteiger partial charge in [-0.25, -0.2) is 19.9 Å². The van der Waals surface area contributed by atoms with Crippen molar-refractivity contribution in [1.29, 1.82) is 0 Å². The molecule has 0 saturated heterocycles. The molecule has 0 N–H and O–H groups in total. The van der Waals surface area contributed by atoms with Gasteiger partial charge in [-0.15, -0.1) is 0 Å². The van der Waals surface area contributed by atoms with Crippen LogP contribution in [-0.4, -0.2) is 19.9 Å². The summed E-state index contributed by atoms with van der Waals surface area (Å²) >= 11 is 0. The Morgan fingerprint density at radius 1 is 0.288 bits per heavy atom. The highest BCUT2D eigenvalue weighted by atomic mass is 15.0. The van der Waals surface area contributed by atoms with Crippen molar-refractivity contribution in [3.63, 3.8) is 0 Å². The molecule has 0 saturated carbocycles. The van der Waals surface area contributed by atoms with Gasteiger partial charge in [0.05, 0.1) is 11.2 Å². The van der Waals surface area contributed by atoms with Crippen LogP contribution >= 0.6 is 0 Å². The topological polar surface area (TPSA) is 51.6 Å². The molecule has 10 aromatic rings. The Morgan fingerprint density at radius 2 is 0.808 bits per heavy atom. The van der Waals surface area contributed by atoms with Crippen molar-refractivity contribution in [2.24, 2.45) is 0 Å². The summed E-state index contributed by atoms with van der Waals surface area (Å²) in [5.41, 5.74) is 8.04. The van der Waals surface area contributed by atoms with Crippen LogP contribution in [0.1, 0.15) is 0 Å². The molecule has 0 aliphatic rings. The molecule has 4 heteroatoms. The first kappa shape index (κ1) is 29.8. The van der Waals surface area contributed by atoms with E-state index in [1.807, 2.05) is 60.7 Å². The second kappa shape index (κ2) is 12.4. The van der Waals surface area contributed by atoms with E-state index in [1.165, 1.54) is 38.1 Å². The maximum Gasteiger partial charge on any atom is 0.164 e. The van der Waals surface area contributed by atoms with Gasteiger partial charge in [0.25, 0.3) is 0 Å². The second-order valence-electron chi connectivity index (χ2n) is 13.0. The molecule has 52 heavy (non-hydrogen) atoms. The summed E-state index contributed by atoms with van der Waals surface area (Å²) in [4.78, 5) is 20.4. The van der Waals surface area contributed by atoms with Crippen molar-refractivity contribution >= 4 is 43.2 Å². The van der Waals surface area contributed by atoms with Gasteiger partial charge < -0.3 is 0 Å². The largest absolute Gasteiger partial charge is 0.247 e. The maximum atomic E-state index is 5.39. The van der Waals surface area contributed by atoms with E-state index in [9.17, 15) is 0 Å². The molecule has 4 nitrogen and oxygen atoms in total. The summed E-state index contributed by atoms with van der Waals surface area (Å²) in [5.74, 6) is 1.88. The Balaban J connectivity index is 1.24. The third-order valence-corrected chi connectivity index (χ3v) is 9.88. The predicted molar refractivity (Wildman–Crippen MR) is 215 cm³/mol. The quantitative estimate of drug-likeness (QED) is 0.172. The fraction of sp³-hybridized carbons (Fsp3) is 0. The average Bonchev–Trinajstić information content (AvgIpc) is 3.23. The second-order valence-corrected chi connectivity index (χ2v) is 13.0. The first-order valence-electron chi connectivity index (χ1n) is 17.5. The van der Waals surface area contributed by atoms with Gasteiger partial charge >= 0.3 is 0 Å². The Hall–Kier alpha value is -7.04. The Kier molecular flexibility index (Phi) is 7.10. The van der Waals surface area contributed by atoms with E-state index in [0.29, 0.717) is 17.5 Å². The zero-order chi connectivity index (χ0) is 34.4. The fourth-order valence-corrected chi connectivity index (χ4v) is 7.46. The number of rotatable bonds is 5. The summed E-state index contributed by atoms with van der Waals surface area (Å²) in [6.45, 7) is 0. The minimum Gasteiger partial charge on any atom is -0.247 e. The SMILES string of the molecule is c1ccc(-c2nc(-c3ccccc3)nc(-c3cccc(-c4nc5ccccc5c5c4cc(-c4cccc6ccccc46)c4ccccc45)c3)n2)cc1. The first-order chi connectivity index (χ1) is 25.8. The van der Waals surface area contributed by atoms with Crippen LogP contribution in [0.15, 0.2) is 182 Å². The molecule has 0 aliphatic heterocycles. The van der Waals surface area contributed by atoms with E-state index in [2.05, 4.69) is 121 Å². The van der Waals surface area contributed by atoms with Crippen molar-refractivity contribution in [1.82, 2.24) is 19.9 Å². The molecule has 0 unspecified atom stereocenters. The summed E-state index contributed by atoms with van der Waals surface area (Å²) in [6.07, 6.45) is 0. The van der Waals surface area contributed by atoms with Crippen molar-refractivity contribution in [2.45, 2.75) is 0 Å². The zero-order valence-electron chi connectivity index (χ0n) is 28.1. The van der Waals surface area contributed by atoms with Gasteiger partial charge in [0.2, 0.25) is 0 Å². The van der Waals surface area contributed by atoms with Crippen molar-refractivity contribution in [3.8, 4) is 56.5 Å². The van der Waals surface area contributed by atoms with Crippen LogP contribution in [0.5, 0.6) is 0 Å². The molecule has 0 fully saturated rings. The molecule has 2 heterocycles. The molecule has 0 bridgehead atoms. The molecular weight excluding hydrogens is 633 g/mol. The van der Waals surface area contributed by atoms with Gasteiger partial charge in [-0.3, -0.25) is 0 Å². The Labute approximate surface area is 300 Å². The van der Waals surface area contributed by atoms with Crippen molar-refractivity contribution in [3.05, 3.63) is 182 Å². The lowest BCUT2D eigenvalue weighted by molar-refractivity contribution is 1.07. The lowest BCUT2D eigenvalue weighted by Gasteiger charge is -2.17. The van der Waals surface area contributed by atoms with E-state index in [-0.39, 0.29) is 0 Å². The predicted octanol–water partition coefficient (Wildman–Crippen LogP) is 12.2. The Bertz CT molecular complexity index is 2890. The van der Waals surface area contributed by atoms with E-state index >= 15 is 0 Å². The minimum atomic E-state index is 0.613. The molecule has 0 amide bonds. The van der Waals surface area contributed by atoms with E-state index < -0.39 is 0 Å². The number of hydrogen-bond donors (Lipinski definition) is 0. The van der Waals surface area contributed by atoms with Gasteiger partial charge in [-0.1, -0.05) is 164 Å². The van der Waals surface area contributed by atoms with Crippen molar-refractivity contribution in [2.75, 3.05) is 0 Å². The average molecular weight is 663 g/mol. The molecular formula is C48H30N4. The number of para-hydroxylation sites is 1.